The molecule has 0 radical (unpaired) electrons. The van der Waals surface area contributed by atoms with Crippen LogP contribution in [0.25, 0.3) is 0 Å². The van der Waals surface area contributed by atoms with Gasteiger partial charge >= 0.3 is 0 Å². The van der Waals surface area contributed by atoms with Gasteiger partial charge in [0.2, 0.25) is 15.9 Å². The number of benzene rings is 1. The van der Waals surface area contributed by atoms with Gasteiger partial charge in [0.05, 0.1) is 23.5 Å². The molecule has 1 aromatic carbocycles. The van der Waals surface area contributed by atoms with Crippen LogP contribution in [0.5, 0.6) is 0 Å². The third kappa shape index (κ3) is 3.77. The van der Waals surface area contributed by atoms with E-state index in [-0.39, 0.29) is 17.0 Å². The predicted molar refractivity (Wildman–Crippen MR) is 71.3 cm³/mol. The van der Waals surface area contributed by atoms with Crippen molar-refractivity contribution in [2.24, 2.45) is 11.5 Å². The van der Waals surface area contributed by atoms with Crippen LogP contribution in [0.1, 0.15) is 5.56 Å². The quantitative estimate of drug-likeness (QED) is 0.713. The summed E-state index contributed by atoms with van der Waals surface area (Å²) in [5.74, 6) is 3.37. The van der Waals surface area contributed by atoms with Gasteiger partial charge in [-0.3, -0.25) is 4.79 Å². The molecule has 0 spiro atoms. The summed E-state index contributed by atoms with van der Waals surface area (Å²) in [4.78, 5) is 10.5. The minimum Gasteiger partial charge on any atom is -0.369 e. The molecule has 0 aromatic heterocycles. The molecular weight excluding hydrogens is 285 g/mol. The van der Waals surface area contributed by atoms with Gasteiger partial charge in [-0.2, -0.15) is 4.31 Å². The van der Waals surface area contributed by atoms with Gasteiger partial charge < -0.3 is 11.5 Å². The number of rotatable bonds is 4. The predicted octanol–water partition coefficient (Wildman–Crippen LogP) is -0.758. The summed E-state index contributed by atoms with van der Waals surface area (Å²) in [7, 11) is -2.79. The summed E-state index contributed by atoms with van der Waals surface area (Å²) in [6.07, 6.45) is 0. The lowest BCUT2D eigenvalue weighted by Crippen LogP contribution is -2.35. The molecule has 0 atom stereocenters. The number of carbonyl (C=O) groups excluding carboxylic acids is 1. The molecule has 0 fully saturated rings. The Morgan fingerprint density at radius 3 is 2.60 bits per heavy atom. The number of amides is 1. The summed E-state index contributed by atoms with van der Waals surface area (Å²) < 4.78 is 38.5. The van der Waals surface area contributed by atoms with Crippen LogP contribution in [0.3, 0.4) is 0 Å². The molecule has 0 aliphatic heterocycles. The number of hydrogen-bond acceptors (Lipinski definition) is 4. The molecule has 4 N–H and O–H groups in total. The van der Waals surface area contributed by atoms with Gasteiger partial charge in [-0.25, -0.2) is 12.8 Å². The summed E-state index contributed by atoms with van der Waals surface area (Å²) in [5, 5.41) is 0. The number of sulfonamides is 1. The Morgan fingerprint density at radius 1 is 1.45 bits per heavy atom. The number of primary amides is 1. The van der Waals surface area contributed by atoms with E-state index >= 15 is 0 Å². The van der Waals surface area contributed by atoms with E-state index in [1.807, 2.05) is 0 Å². The van der Waals surface area contributed by atoms with E-state index in [1.54, 1.807) is 0 Å². The number of likely N-dealkylation sites (N-methyl/N-ethyl adjacent to an activating group) is 1. The van der Waals surface area contributed by atoms with E-state index in [4.69, 9.17) is 11.5 Å². The zero-order valence-electron chi connectivity index (χ0n) is 10.8. The van der Waals surface area contributed by atoms with Gasteiger partial charge in [0.25, 0.3) is 0 Å². The fraction of sp³-hybridized carbons (Fsp3) is 0.250. The van der Waals surface area contributed by atoms with Crippen molar-refractivity contribution < 1.29 is 17.6 Å². The standard InChI is InChI=1S/C12H14FN3O3S/c1-16(8-12(15)17)20(18,19)10-5-4-9(3-2-6-14)11(13)7-10/h4-5,7H,6,8,14H2,1H3,(H2,15,17). The molecule has 0 saturated heterocycles. The summed E-state index contributed by atoms with van der Waals surface area (Å²) in [5.41, 5.74) is 10.1. The largest absolute Gasteiger partial charge is 0.369 e. The highest BCUT2D eigenvalue weighted by Crippen LogP contribution is 2.17. The SMILES string of the molecule is CN(CC(N)=O)S(=O)(=O)c1ccc(C#CCN)c(F)c1. The number of nitrogens with two attached hydrogens (primary N) is 2. The van der Waals surface area contributed by atoms with E-state index in [1.165, 1.54) is 19.2 Å². The van der Waals surface area contributed by atoms with Gasteiger partial charge in [0.15, 0.2) is 0 Å². The van der Waals surface area contributed by atoms with Crippen molar-refractivity contribution in [2.45, 2.75) is 4.90 Å². The molecule has 0 unspecified atom stereocenters. The third-order valence-electron chi connectivity index (χ3n) is 2.35. The van der Waals surface area contributed by atoms with Crippen molar-refractivity contribution in [3.05, 3.63) is 29.6 Å². The van der Waals surface area contributed by atoms with Gasteiger partial charge in [0.1, 0.15) is 5.82 Å². The number of nitrogens with zero attached hydrogens (tertiary/aromatic N) is 1. The molecule has 1 amide bonds. The van der Waals surface area contributed by atoms with E-state index in [0.29, 0.717) is 0 Å². The average Bonchev–Trinajstić information content (AvgIpc) is 2.36. The topological polar surface area (TPSA) is 106 Å². The molecule has 108 valence electrons. The summed E-state index contributed by atoms with van der Waals surface area (Å²) in [6, 6.07) is 3.28. The summed E-state index contributed by atoms with van der Waals surface area (Å²) in [6.45, 7) is -0.417. The van der Waals surface area contributed by atoms with Gasteiger partial charge in [-0.1, -0.05) is 11.8 Å². The van der Waals surface area contributed by atoms with Crippen LogP contribution in [-0.4, -0.2) is 38.8 Å². The first kappa shape index (κ1) is 16.1. The highest BCUT2D eigenvalue weighted by Gasteiger charge is 2.23. The van der Waals surface area contributed by atoms with Crippen LogP contribution in [-0.2, 0) is 14.8 Å². The first-order valence-electron chi connectivity index (χ1n) is 5.52. The third-order valence-corrected chi connectivity index (χ3v) is 4.15. The minimum absolute atomic E-state index is 0.0481. The molecule has 20 heavy (non-hydrogen) atoms. The molecule has 0 aliphatic rings. The van der Waals surface area contributed by atoms with Crippen LogP contribution in [0.15, 0.2) is 23.1 Å². The zero-order chi connectivity index (χ0) is 15.3. The second kappa shape index (κ2) is 6.47. The lowest BCUT2D eigenvalue weighted by Gasteiger charge is -2.15. The molecule has 0 aliphatic carbocycles. The van der Waals surface area contributed by atoms with E-state index in [2.05, 4.69) is 11.8 Å². The second-order valence-corrected chi connectivity index (χ2v) is 5.92. The Bertz CT molecular complexity index is 677. The second-order valence-electron chi connectivity index (χ2n) is 3.87. The van der Waals surface area contributed by atoms with Crippen molar-refractivity contribution in [3.63, 3.8) is 0 Å². The Kier molecular flexibility index (Phi) is 5.21. The Labute approximate surface area is 116 Å². The summed E-state index contributed by atoms with van der Waals surface area (Å²) >= 11 is 0. The molecule has 0 bridgehead atoms. The number of carbonyl (C=O) groups is 1. The lowest BCUT2D eigenvalue weighted by molar-refractivity contribution is -0.118. The van der Waals surface area contributed by atoms with Crippen molar-refractivity contribution in [1.29, 1.82) is 0 Å². The highest BCUT2D eigenvalue weighted by molar-refractivity contribution is 7.89. The Hall–Kier alpha value is -1.95. The van der Waals surface area contributed by atoms with Gasteiger partial charge in [-0.05, 0) is 18.2 Å². The van der Waals surface area contributed by atoms with Crippen molar-refractivity contribution in [3.8, 4) is 11.8 Å². The maximum Gasteiger partial charge on any atom is 0.243 e. The van der Waals surface area contributed by atoms with Crippen LogP contribution < -0.4 is 11.5 Å². The van der Waals surface area contributed by atoms with E-state index in [9.17, 15) is 17.6 Å². The van der Waals surface area contributed by atoms with Crippen LogP contribution in [0.4, 0.5) is 4.39 Å². The van der Waals surface area contributed by atoms with E-state index < -0.39 is 28.3 Å². The molecular formula is C12H14FN3O3S. The molecule has 1 rings (SSSR count). The average molecular weight is 299 g/mol. The van der Waals surface area contributed by atoms with Crippen molar-refractivity contribution in [1.82, 2.24) is 4.31 Å². The van der Waals surface area contributed by atoms with Crippen molar-refractivity contribution >= 4 is 15.9 Å². The molecule has 0 heterocycles. The van der Waals surface area contributed by atoms with Crippen molar-refractivity contribution in [2.75, 3.05) is 20.1 Å². The first-order valence-corrected chi connectivity index (χ1v) is 6.96. The first-order chi connectivity index (χ1) is 9.28. The monoisotopic (exact) mass is 299 g/mol. The molecule has 0 saturated carbocycles. The fourth-order valence-corrected chi connectivity index (χ4v) is 2.54. The molecule has 1 aromatic rings. The maximum atomic E-state index is 13.7. The number of hydrogen-bond donors (Lipinski definition) is 2. The number of halogens is 1. The molecule has 8 heteroatoms. The smallest absolute Gasteiger partial charge is 0.243 e. The van der Waals surface area contributed by atoms with Crippen LogP contribution >= 0.6 is 0 Å². The lowest BCUT2D eigenvalue weighted by atomic mass is 10.2. The maximum absolute atomic E-state index is 13.7. The fourth-order valence-electron chi connectivity index (χ4n) is 1.39. The normalized spacial score (nSPS) is 11.0. The van der Waals surface area contributed by atoms with Crippen LogP contribution in [0.2, 0.25) is 0 Å². The zero-order valence-corrected chi connectivity index (χ0v) is 11.6. The van der Waals surface area contributed by atoms with Gasteiger partial charge in [-0.15, -0.1) is 0 Å². The van der Waals surface area contributed by atoms with Gasteiger partial charge in [0, 0.05) is 7.05 Å². The van der Waals surface area contributed by atoms with E-state index in [0.717, 1.165) is 10.4 Å². The van der Waals surface area contributed by atoms with Crippen LogP contribution in [0, 0.1) is 17.7 Å². The highest BCUT2D eigenvalue weighted by atomic mass is 32.2. The minimum atomic E-state index is -3.97. The Morgan fingerprint density at radius 2 is 2.10 bits per heavy atom. The molecule has 6 nitrogen and oxygen atoms in total. The Balaban J connectivity index is 3.15.